The highest BCUT2D eigenvalue weighted by molar-refractivity contribution is 5.90. The van der Waals surface area contributed by atoms with Crippen molar-refractivity contribution in [3.8, 4) is 0 Å². The molecule has 0 fully saturated rings. The Balaban J connectivity index is 2.13. The molecule has 0 radical (unpaired) electrons. The minimum Gasteiger partial charge on any atom is -0.322 e. The number of rotatable bonds is 3. The molecular weight excluding hydrogens is 272 g/mol. The minimum absolute atomic E-state index is 0.200. The van der Waals surface area contributed by atoms with Crippen LogP contribution in [0.4, 0.5) is 14.5 Å². The summed E-state index contributed by atoms with van der Waals surface area (Å²) >= 11 is 0. The van der Waals surface area contributed by atoms with Crippen molar-refractivity contribution in [1.82, 2.24) is 9.55 Å². The Morgan fingerprint density at radius 3 is 2.65 bits per heavy atom. The maximum absolute atomic E-state index is 13.3. The second-order valence-electron chi connectivity index (χ2n) is 3.91. The number of hydrogen-bond acceptors (Lipinski definition) is 3. The lowest BCUT2D eigenvalue weighted by molar-refractivity contribution is -0.116. The minimum atomic E-state index is -0.924. The Kier molecular flexibility index (Phi) is 3.74. The number of carbonyl (C=O) groups excluding carboxylic acids is 1. The van der Waals surface area contributed by atoms with Gasteiger partial charge in [-0.2, -0.15) is 0 Å². The number of aromatic amines is 1. The number of carbonyl (C=O) groups is 1. The van der Waals surface area contributed by atoms with Crippen molar-refractivity contribution in [3.63, 3.8) is 0 Å². The summed E-state index contributed by atoms with van der Waals surface area (Å²) in [5, 5.41) is 2.20. The Hall–Kier alpha value is -2.77. The van der Waals surface area contributed by atoms with Crippen LogP contribution < -0.4 is 16.6 Å². The Morgan fingerprint density at radius 1 is 1.25 bits per heavy atom. The predicted octanol–water partition coefficient (Wildman–Crippen LogP) is 0.453. The molecule has 8 heteroatoms. The number of nitrogens with one attached hydrogen (secondary N) is 2. The summed E-state index contributed by atoms with van der Waals surface area (Å²) in [5.74, 6) is -2.38. The van der Waals surface area contributed by atoms with Crippen molar-refractivity contribution in [2.75, 3.05) is 5.32 Å². The van der Waals surface area contributed by atoms with Crippen LogP contribution in [0.1, 0.15) is 0 Å². The molecule has 0 aliphatic rings. The van der Waals surface area contributed by atoms with E-state index in [1.807, 2.05) is 4.98 Å². The number of H-pyrrole nitrogens is 1. The molecule has 0 spiro atoms. The standard InChI is InChI=1S/C12H9F2N3O3/c13-7-1-2-9(8(14)5-7)15-11(19)6-17-4-3-10(18)16-12(17)20/h1-5H,6H2,(H,15,19)(H,16,18,20). The molecule has 0 bridgehead atoms. The number of amides is 1. The largest absolute Gasteiger partial charge is 0.328 e. The molecule has 1 heterocycles. The molecule has 1 aromatic heterocycles. The fourth-order valence-corrected chi connectivity index (χ4v) is 1.50. The van der Waals surface area contributed by atoms with Gasteiger partial charge in [-0.1, -0.05) is 0 Å². The zero-order valence-electron chi connectivity index (χ0n) is 10.0. The monoisotopic (exact) mass is 281 g/mol. The zero-order valence-corrected chi connectivity index (χ0v) is 10.0. The average molecular weight is 281 g/mol. The highest BCUT2D eigenvalue weighted by Gasteiger charge is 2.09. The molecule has 1 amide bonds. The van der Waals surface area contributed by atoms with Crippen molar-refractivity contribution < 1.29 is 13.6 Å². The summed E-state index contributed by atoms with van der Waals surface area (Å²) in [6.45, 7) is -0.410. The SMILES string of the molecule is O=C(Cn1ccc(=O)[nH]c1=O)Nc1ccc(F)cc1F. The third-order valence-corrected chi connectivity index (χ3v) is 2.42. The first-order valence-corrected chi connectivity index (χ1v) is 5.50. The zero-order chi connectivity index (χ0) is 14.7. The van der Waals surface area contributed by atoms with Crippen LogP contribution in [0, 0.1) is 11.6 Å². The molecule has 2 aromatic rings. The van der Waals surface area contributed by atoms with E-state index < -0.39 is 35.3 Å². The first kappa shape index (κ1) is 13.7. The molecule has 1 aromatic carbocycles. The number of halogens is 2. The topological polar surface area (TPSA) is 84.0 Å². The molecule has 2 rings (SSSR count). The van der Waals surface area contributed by atoms with Crippen molar-refractivity contribution in [3.05, 3.63) is 62.9 Å². The molecule has 0 aliphatic heterocycles. The van der Waals surface area contributed by atoms with Crippen LogP contribution in [0.3, 0.4) is 0 Å². The number of nitrogens with zero attached hydrogens (tertiary/aromatic N) is 1. The Labute approximate surface area is 110 Å². The maximum Gasteiger partial charge on any atom is 0.328 e. The van der Waals surface area contributed by atoms with Gasteiger partial charge in [0.2, 0.25) is 5.91 Å². The van der Waals surface area contributed by atoms with Crippen LogP contribution in [-0.2, 0) is 11.3 Å². The molecule has 104 valence electrons. The number of benzene rings is 1. The van der Waals surface area contributed by atoms with Gasteiger partial charge in [0.05, 0.1) is 5.69 Å². The van der Waals surface area contributed by atoms with E-state index in [1.165, 1.54) is 0 Å². The summed E-state index contributed by atoms with van der Waals surface area (Å²) in [6.07, 6.45) is 1.14. The van der Waals surface area contributed by atoms with E-state index in [-0.39, 0.29) is 5.69 Å². The van der Waals surface area contributed by atoms with Crippen LogP contribution in [0.5, 0.6) is 0 Å². The molecule has 0 saturated heterocycles. The third kappa shape index (κ3) is 3.16. The van der Waals surface area contributed by atoms with Gasteiger partial charge in [0.15, 0.2) is 0 Å². The lowest BCUT2D eigenvalue weighted by Gasteiger charge is -2.07. The Morgan fingerprint density at radius 2 is 2.00 bits per heavy atom. The second-order valence-corrected chi connectivity index (χ2v) is 3.91. The van der Waals surface area contributed by atoms with Crippen molar-refractivity contribution in [1.29, 1.82) is 0 Å². The smallest absolute Gasteiger partial charge is 0.322 e. The van der Waals surface area contributed by atoms with Crippen LogP contribution in [0.15, 0.2) is 40.1 Å². The van der Waals surface area contributed by atoms with Crippen molar-refractivity contribution in [2.45, 2.75) is 6.54 Å². The fraction of sp³-hybridized carbons (Fsp3) is 0.0833. The highest BCUT2D eigenvalue weighted by Crippen LogP contribution is 2.14. The molecule has 0 atom stereocenters. The first-order chi connectivity index (χ1) is 9.45. The molecular formula is C12H9F2N3O3. The van der Waals surface area contributed by atoms with Gasteiger partial charge in [-0.05, 0) is 12.1 Å². The lowest BCUT2D eigenvalue weighted by Crippen LogP contribution is -2.32. The number of anilines is 1. The van der Waals surface area contributed by atoms with Crippen molar-refractivity contribution >= 4 is 11.6 Å². The van der Waals surface area contributed by atoms with Gasteiger partial charge in [-0.25, -0.2) is 13.6 Å². The van der Waals surface area contributed by atoms with Gasteiger partial charge in [0.25, 0.3) is 5.56 Å². The normalized spacial score (nSPS) is 10.3. The highest BCUT2D eigenvalue weighted by atomic mass is 19.1. The van der Waals surface area contributed by atoms with E-state index in [4.69, 9.17) is 0 Å². The van der Waals surface area contributed by atoms with E-state index >= 15 is 0 Å². The van der Waals surface area contributed by atoms with E-state index in [0.29, 0.717) is 6.07 Å². The number of aromatic nitrogens is 2. The molecule has 20 heavy (non-hydrogen) atoms. The van der Waals surface area contributed by atoms with Gasteiger partial charge in [-0.3, -0.25) is 19.1 Å². The molecule has 0 aliphatic carbocycles. The lowest BCUT2D eigenvalue weighted by atomic mass is 10.3. The third-order valence-electron chi connectivity index (χ3n) is 2.42. The average Bonchev–Trinajstić information content (AvgIpc) is 2.36. The van der Waals surface area contributed by atoms with Crippen LogP contribution in [-0.4, -0.2) is 15.5 Å². The van der Waals surface area contributed by atoms with E-state index in [9.17, 15) is 23.2 Å². The first-order valence-electron chi connectivity index (χ1n) is 5.50. The predicted molar refractivity (Wildman–Crippen MR) is 66.3 cm³/mol. The Bertz CT molecular complexity index is 767. The van der Waals surface area contributed by atoms with Gasteiger partial charge in [0.1, 0.15) is 18.2 Å². The van der Waals surface area contributed by atoms with Crippen LogP contribution in [0.2, 0.25) is 0 Å². The van der Waals surface area contributed by atoms with E-state index in [0.717, 1.165) is 29.0 Å². The quantitative estimate of drug-likeness (QED) is 0.857. The molecule has 0 unspecified atom stereocenters. The number of hydrogen-bond donors (Lipinski definition) is 2. The van der Waals surface area contributed by atoms with E-state index in [2.05, 4.69) is 5.32 Å². The van der Waals surface area contributed by atoms with Crippen molar-refractivity contribution in [2.24, 2.45) is 0 Å². The van der Waals surface area contributed by atoms with Crippen LogP contribution >= 0.6 is 0 Å². The van der Waals surface area contributed by atoms with Crippen LogP contribution in [0.25, 0.3) is 0 Å². The summed E-state index contributed by atoms with van der Waals surface area (Å²) in [7, 11) is 0. The summed E-state index contributed by atoms with van der Waals surface area (Å²) in [4.78, 5) is 35.8. The molecule has 0 saturated carbocycles. The van der Waals surface area contributed by atoms with Gasteiger partial charge in [0, 0.05) is 18.3 Å². The van der Waals surface area contributed by atoms with Gasteiger partial charge >= 0.3 is 5.69 Å². The van der Waals surface area contributed by atoms with Gasteiger partial charge < -0.3 is 5.32 Å². The van der Waals surface area contributed by atoms with Gasteiger partial charge in [-0.15, -0.1) is 0 Å². The maximum atomic E-state index is 13.3. The summed E-state index contributed by atoms with van der Waals surface area (Å²) in [5.41, 5.74) is -1.54. The molecule has 6 nitrogen and oxygen atoms in total. The summed E-state index contributed by atoms with van der Waals surface area (Å²) < 4.78 is 26.9. The second kappa shape index (κ2) is 5.47. The fourth-order valence-electron chi connectivity index (χ4n) is 1.50. The van der Waals surface area contributed by atoms with E-state index in [1.54, 1.807) is 0 Å². The molecule has 2 N–H and O–H groups in total. The summed E-state index contributed by atoms with van der Waals surface area (Å²) in [6, 6.07) is 3.76.